The fourth-order valence-corrected chi connectivity index (χ4v) is 2.76. The van der Waals surface area contributed by atoms with Gasteiger partial charge in [-0.3, -0.25) is 13.9 Å². The van der Waals surface area contributed by atoms with E-state index in [0.29, 0.717) is 25.4 Å². The number of ether oxygens (including phenoxy) is 1. The Hall–Kier alpha value is -3.36. The molecular weight excluding hydrogens is 342 g/mol. The molecule has 0 radical (unpaired) electrons. The Labute approximate surface area is 147 Å². The first-order valence-corrected chi connectivity index (χ1v) is 8.03. The van der Waals surface area contributed by atoms with Crippen LogP contribution >= 0.6 is 0 Å². The van der Waals surface area contributed by atoms with Crippen molar-refractivity contribution in [3.63, 3.8) is 0 Å². The minimum atomic E-state index is -1.39. The van der Waals surface area contributed by atoms with Gasteiger partial charge in [-0.15, -0.1) is 0 Å². The van der Waals surface area contributed by atoms with E-state index < -0.39 is 22.8 Å². The normalized spacial score (nSPS) is 13.7. The number of aromatic nitrogens is 2. The first kappa shape index (κ1) is 17.5. The van der Waals surface area contributed by atoms with E-state index in [2.05, 4.69) is 0 Å². The van der Waals surface area contributed by atoms with Crippen LogP contribution in [0.2, 0.25) is 0 Å². The highest BCUT2D eigenvalue weighted by molar-refractivity contribution is 5.86. The number of aromatic carboxylic acids is 1. The van der Waals surface area contributed by atoms with Crippen LogP contribution in [0.5, 0.6) is 0 Å². The van der Waals surface area contributed by atoms with Crippen LogP contribution < -0.4 is 11.2 Å². The molecule has 0 atom stereocenters. The SMILES string of the molecule is CCn1c(=O)c(C(=O)O)cn(-c2ccc(CN3CCOC3=O)cc2)c1=O. The van der Waals surface area contributed by atoms with Crippen molar-refractivity contribution < 1.29 is 19.4 Å². The van der Waals surface area contributed by atoms with E-state index >= 15 is 0 Å². The number of benzene rings is 1. The molecule has 2 heterocycles. The van der Waals surface area contributed by atoms with Gasteiger partial charge in [0, 0.05) is 19.3 Å². The van der Waals surface area contributed by atoms with E-state index in [0.717, 1.165) is 20.9 Å². The number of carbonyl (C=O) groups is 2. The standard InChI is InChI=1S/C17H17N3O6/c1-2-19-14(21)13(15(22)23)10-20(16(19)24)12-5-3-11(4-6-12)9-18-7-8-26-17(18)25/h3-6,10H,2,7-9H2,1H3,(H,22,23). The summed E-state index contributed by atoms with van der Waals surface area (Å²) in [6.45, 7) is 2.92. The summed E-state index contributed by atoms with van der Waals surface area (Å²) in [5.41, 5.74) is -0.658. The molecule has 26 heavy (non-hydrogen) atoms. The fraction of sp³-hybridized carbons (Fsp3) is 0.294. The van der Waals surface area contributed by atoms with Crippen molar-refractivity contribution in [3.8, 4) is 5.69 Å². The Balaban J connectivity index is 1.97. The molecule has 2 aromatic rings. The van der Waals surface area contributed by atoms with E-state index in [1.54, 1.807) is 36.1 Å². The van der Waals surface area contributed by atoms with Gasteiger partial charge in [-0.05, 0) is 24.6 Å². The lowest BCUT2D eigenvalue weighted by Crippen LogP contribution is -2.41. The van der Waals surface area contributed by atoms with Gasteiger partial charge in [-0.25, -0.2) is 14.4 Å². The number of amides is 1. The van der Waals surface area contributed by atoms with Crippen LogP contribution in [0.15, 0.2) is 40.1 Å². The monoisotopic (exact) mass is 359 g/mol. The lowest BCUT2D eigenvalue weighted by atomic mass is 10.2. The summed E-state index contributed by atoms with van der Waals surface area (Å²) in [6.07, 6.45) is 0.665. The first-order chi connectivity index (χ1) is 12.4. The van der Waals surface area contributed by atoms with Crippen LogP contribution in [0.25, 0.3) is 5.69 Å². The molecule has 0 unspecified atom stereocenters. The summed E-state index contributed by atoms with van der Waals surface area (Å²) >= 11 is 0. The molecule has 1 amide bonds. The maximum Gasteiger partial charge on any atom is 0.410 e. The molecule has 0 saturated carbocycles. The van der Waals surface area contributed by atoms with Gasteiger partial charge in [-0.1, -0.05) is 12.1 Å². The summed E-state index contributed by atoms with van der Waals surface area (Å²) < 4.78 is 6.87. The van der Waals surface area contributed by atoms with Crippen molar-refractivity contribution in [3.05, 3.63) is 62.4 Å². The molecule has 9 nitrogen and oxygen atoms in total. The predicted molar refractivity (Wildman–Crippen MR) is 90.7 cm³/mol. The van der Waals surface area contributed by atoms with Crippen molar-refractivity contribution in [2.45, 2.75) is 20.0 Å². The number of carboxylic acid groups (broad SMARTS) is 1. The maximum atomic E-state index is 12.5. The number of nitrogens with zero attached hydrogens (tertiary/aromatic N) is 3. The zero-order valence-corrected chi connectivity index (χ0v) is 14.0. The maximum absolute atomic E-state index is 12.5. The molecule has 0 aliphatic carbocycles. The minimum Gasteiger partial charge on any atom is -0.477 e. The predicted octanol–water partition coefficient (Wildman–Crippen LogP) is 0.669. The Bertz CT molecular complexity index is 973. The fourth-order valence-electron chi connectivity index (χ4n) is 2.76. The topological polar surface area (TPSA) is 111 Å². The van der Waals surface area contributed by atoms with Crippen LogP contribution in [0.1, 0.15) is 22.8 Å². The van der Waals surface area contributed by atoms with E-state index in [9.17, 15) is 24.3 Å². The Morgan fingerprint density at radius 3 is 2.42 bits per heavy atom. The van der Waals surface area contributed by atoms with Gasteiger partial charge < -0.3 is 14.7 Å². The largest absolute Gasteiger partial charge is 0.477 e. The molecule has 0 bridgehead atoms. The molecule has 136 valence electrons. The van der Waals surface area contributed by atoms with Gasteiger partial charge in [0.15, 0.2) is 0 Å². The summed E-state index contributed by atoms with van der Waals surface area (Å²) in [6, 6.07) is 6.73. The second-order valence-corrected chi connectivity index (χ2v) is 5.75. The molecule has 3 rings (SSSR count). The Kier molecular flexibility index (Phi) is 4.61. The quantitative estimate of drug-likeness (QED) is 0.840. The van der Waals surface area contributed by atoms with Gasteiger partial charge in [0.05, 0.1) is 12.2 Å². The summed E-state index contributed by atoms with van der Waals surface area (Å²) in [4.78, 5) is 48.8. The summed E-state index contributed by atoms with van der Waals surface area (Å²) in [7, 11) is 0. The van der Waals surface area contributed by atoms with E-state index in [1.165, 1.54) is 0 Å². The van der Waals surface area contributed by atoms with E-state index in [1.807, 2.05) is 0 Å². The van der Waals surface area contributed by atoms with Crippen LogP contribution in [0.3, 0.4) is 0 Å². The zero-order chi connectivity index (χ0) is 18.8. The second kappa shape index (κ2) is 6.87. The lowest BCUT2D eigenvalue weighted by molar-refractivity contribution is 0.0693. The highest BCUT2D eigenvalue weighted by Gasteiger charge is 2.22. The third-order valence-electron chi connectivity index (χ3n) is 4.15. The molecule has 1 N–H and O–H groups in total. The highest BCUT2D eigenvalue weighted by Crippen LogP contribution is 2.13. The van der Waals surface area contributed by atoms with Crippen molar-refractivity contribution in [2.24, 2.45) is 0 Å². The van der Waals surface area contributed by atoms with Crippen LogP contribution in [0.4, 0.5) is 4.79 Å². The van der Waals surface area contributed by atoms with Crippen LogP contribution in [-0.4, -0.2) is 44.4 Å². The molecule has 1 aliphatic heterocycles. The Morgan fingerprint density at radius 2 is 1.88 bits per heavy atom. The molecule has 0 spiro atoms. The van der Waals surface area contributed by atoms with Gasteiger partial charge in [0.2, 0.25) is 0 Å². The summed E-state index contributed by atoms with van der Waals surface area (Å²) in [5, 5.41) is 9.20. The number of hydrogen-bond acceptors (Lipinski definition) is 5. The van der Waals surface area contributed by atoms with Crippen molar-refractivity contribution >= 4 is 12.1 Å². The third kappa shape index (κ3) is 3.10. The number of rotatable bonds is 5. The van der Waals surface area contributed by atoms with Gasteiger partial charge in [0.25, 0.3) is 5.56 Å². The van der Waals surface area contributed by atoms with Gasteiger partial charge >= 0.3 is 17.8 Å². The van der Waals surface area contributed by atoms with E-state index in [-0.39, 0.29) is 12.6 Å². The van der Waals surface area contributed by atoms with Crippen LogP contribution in [-0.2, 0) is 17.8 Å². The smallest absolute Gasteiger partial charge is 0.410 e. The highest BCUT2D eigenvalue weighted by atomic mass is 16.6. The number of hydrogen-bond donors (Lipinski definition) is 1. The molecule has 1 aromatic carbocycles. The molecule has 9 heteroatoms. The third-order valence-corrected chi connectivity index (χ3v) is 4.15. The first-order valence-electron chi connectivity index (χ1n) is 8.03. The summed E-state index contributed by atoms with van der Waals surface area (Å²) in [5.74, 6) is -1.39. The zero-order valence-electron chi connectivity index (χ0n) is 14.0. The minimum absolute atomic E-state index is 0.0634. The molecule has 1 aromatic heterocycles. The number of cyclic esters (lactones) is 1. The van der Waals surface area contributed by atoms with Crippen molar-refractivity contribution in [1.29, 1.82) is 0 Å². The number of carbonyl (C=O) groups excluding carboxylic acids is 1. The lowest BCUT2D eigenvalue weighted by Gasteiger charge is -2.14. The van der Waals surface area contributed by atoms with E-state index in [4.69, 9.17) is 4.74 Å². The number of carboxylic acids is 1. The van der Waals surface area contributed by atoms with Crippen molar-refractivity contribution in [2.75, 3.05) is 13.2 Å². The average molecular weight is 359 g/mol. The molecule has 1 aliphatic rings. The molecule has 1 fully saturated rings. The van der Waals surface area contributed by atoms with Crippen molar-refractivity contribution in [1.82, 2.24) is 14.0 Å². The molecular formula is C17H17N3O6. The Morgan fingerprint density at radius 1 is 1.19 bits per heavy atom. The average Bonchev–Trinajstić information content (AvgIpc) is 3.01. The van der Waals surface area contributed by atoms with Gasteiger partial charge in [0.1, 0.15) is 12.2 Å². The second-order valence-electron chi connectivity index (χ2n) is 5.75. The van der Waals surface area contributed by atoms with Crippen LogP contribution in [0, 0.1) is 0 Å². The molecule has 1 saturated heterocycles. The van der Waals surface area contributed by atoms with Gasteiger partial charge in [-0.2, -0.15) is 0 Å².